The second-order valence-corrected chi connectivity index (χ2v) is 10.6. The summed E-state index contributed by atoms with van der Waals surface area (Å²) >= 11 is 0. The third-order valence-corrected chi connectivity index (χ3v) is 6.56. The lowest BCUT2D eigenvalue weighted by Gasteiger charge is -2.28. The molecule has 3 heterocycles. The zero-order valence-corrected chi connectivity index (χ0v) is 22.0. The molecule has 2 aromatic carbocycles. The van der Waals surface area contributed by atoms with Crippen LogP contribution in [0.2, 0.25) is 0 Å². The number of amides is 2. The van der Waals surface area contributed by atoms with Gasteiger partial charge in [-0.25, -0.2) is 9.78 Å². The topological polar surface area (TPSA) is 90.0 Å². The monoisotopic (exact) mass is 515 g/mol. The van der Waals surface area contributed by atoms with Crippen LogP contribution in [0.25, 0.3) is 0 Å². The van der Waals surface area contributed by atoms with Crippen molar-refractivity contribution >= 4 is 17.7 Å². The van der Waals surface area contributed by atoms with E-state index in [-0.39, 0.29) is 12.0 Å². The van der Waals surface area contributed by atoms with E-state index in [0.717, 1.165) is 30.6 Å². The van der Waals surface area contributed by atoms with Crippen molar-refractivity contribution in [3.63, 3.8) is 0 Å². The Hall–Kier alpha value is -4.07. The molecule has 0 bridgehead atoms. The van der Waals surface area contributed by atoms with Crippen molar-refractivity contribution in [2.24, 2.45) is 0 Å². The number of ether oxygens (including phenoxy) is 3. The first-order valence-corrected chi connectivity index (χ1v) is 13.0. The maximum absolute atomic E-state index is 12.9. The Morgan fingerprint density at radius 3 is 2.61 bits per heavy atom. The number of nitrogens with zero attached hydrogens (tertiary/aromatic N) is 2. The molecule has 8 nitrogen and oxygen atoms in total. The zero-order chi connectivity index (χ0) is 26.7. The molecule has 1 N–H and O–H groups in total. The highest BCUT2D eigenvalue weighted by atomic mass is 16.6. The minimum absolute atomic E-state index is 0.0559. The summed E-state index contributed by atoms with van der Waals surface area (Å²) in [6, 6.07) is 18.9. The number of hydrogen-bond acceptors (Lipinski definition) is 6. The molecule has 3 aromatic rings. The van der Waals surface area contributed by atoms with Gasteiger partial charge >= 0.3 is 6.09 Å². The first-order valence-electron chi connectivity index (χ1n) is 13.0. The summed E-state index contributed by atoms with van der Waals surface area (Å²) in [7, 11) is 0. The fraction of sp³-hybridized carbons (Fsp3) is 0.367. The van der Waals surface area contributed by atoms with Crippen molar-refractivity contribution in [2.45, 2.75) is 64.2 Å². The van der Waals surface area contributed by atoms with Crippen molar-refractivity contribution in [1.82, 2.24) is 9.88 Å². The molecule has 0 radical (unpaired) electrons. The number of benzene rings is 2. The summed E-state index contributed by atoms with van der Waals surface area (Å²) in [6.07, 6.45) is 4.27. The number of aryl methyl sites for hydroxylation is 1. The minimum Gasteiger partial charge on any atom is -0.485 e. The lowest BCUT2D eigenvalue weighted by molar-refractivity contribution is -0.120. The van der Waals surface area contributed by atoms with Crippen LogP contribution in [-0.2, 0) is 16.0 Å². The normalized spacial score (nSPS) is 18.8. The van der Waals surface area contributed by atoms with E-state index in [1.807, 2.05) is 57.2 Å². The fourth-order valence-corrected chi connectivity index (χ4v) is 4.77. The van der Waals surface area contributed by atoms with Crippen molar-refractivity contribution in [3.8, 4) is 17.4 Å². The molecule has 2 amide bonds. The van der Waals surface area contributed by atoms with Gasteiger partial charge in [-0.1, -0.05) is 30.3 Å². The van der Waals surface area contributed by atoms with Crippen LogP contribution in [0, 0.1) is 0 Å². The van der Waals surface area contributed by atoms with E-state index >= 15 is 0 Å². The van der Waals surface area contributed by atoms with Gasteiger partial charge in [0.15, 0.2) is 0 Å². The molecule has 1 saturated heterocycles. The van der Waals surface area contributed by atoms with Gasteiger partial charge in [0.1, 0.15) is 29.2 Å². The number of nitrogens with one attached hydrogen (secondary N) is 1. The van der Waals surface area contributed by atoms with E-state index < -0.39 is 17.7 Å². The number of pyridine rings is 1. The average Bonchev–Trinajstić information content (AvgIpc) is 3.40. The molecular weight excluding hydrogens is 482 g/mol. The third kappa shape index (κ3) is 6.07. The van der Waals surface area contributed by atoms with Crippen LogP contribution < -0.4 is 14.8 Å². The van der Waals surface area contributed by atoms with E-state index in [9.17, 15) is 9.59 Å². The molecule has 0 saturated carbocycles. The van der Waals surface area contributed by atoms with Crippen molar-refractivity contribution in [3.05, 3.63) is 78.0 Å². The maximum atomic E-state index is 12.9. The minimum atomic E-state index is -0.615. The highest BCUT2D eigenvalue weighted by Gasteiger charge is 2.36. The number of likely N-dealkylation sites (tertiary alicyclic amines) is 1. The zero-order valence-electron chi connectivity index (χ0n) is 22.0. The van der Waals surface area contributed by atoms with E-state index in [1.54, 1.807) is 18.3 Å². The molecule has 2 aliphatic heterocycles. The first-order chi connectivity index (χ1) is 18.2. The number of fused-ring (bicyclic) bond motifs is 1. The Morgan fingerprint density at radius 1 is 1.05 bits per heavy atom. The van der Waals surface area contributed by atoms with Gasteiger partial charge in [0.25, 0.3) is 0 Å². The van der Waals surface area contributed by atoms with E-state index in [4.69, 9.17) is 14.2 Å². The highest BCUT2D eigenvalue weighted by Crippen LogP contribution is 2.37. The molecule has 2 aliphatic rings. The Bertz CT molecular complexity index is 1290. The van der Waals surface area contributed by atoms with E-state index in [0.29, 0.717) is 30.3 Å². The van der Waals surface area contributed by atoms with Gasteiger partial charge in [0.2, 0.25) is 11.8 Å². The van der Waals surface area contributed by atoms with Gasteiger partial charge in [-0.2, -0.15) is 0 Å². The molecule has 1 aromatic heterocycles. The fourth-order valence-electron chi connectivity index (χ4n) is 4.77. The van der Waals surface area contributed by atoms with Crippen molar-refractivity contribution < 1.29 is 23.8 Å². The van der Waals surface area contributed by atoms with Crippen LogP contribution in [0.4, 0.5) is 10.5 Å². The number of carbonyl (C=O) groups excluding carboxylic acids is 2. The molecule has 5 rings (SSSR count). The maximum Gasteiger partial charge on any atom is 0.410 e. The summed E-state index contributed by atoms with van der Waals surface area (Å²) < 4.78 is 17.6. The lowest BCUT2D eigenvalue weighted by Crippen LogP contribution is -2.45. The van der Waals surface area contributed by atoms with E-state index in [1.165, 1.54) is 10.5 Å². The molecule has 2 unspecified atom stereocenters. The van der Waals surface area contributed by atoms with Gasteiger partial charge < -0.3 is 19.5 Å². The summed E-state index contributed by atoms with van der Waals surface area (Å²) in [6.45, 7) is 5.93. The number of aromatic nitrogens is 1. The smallest absolute Gasteiger partial charge is 0.410 e. The highest BCUT2D eigenvalue weighted by molar-refractivity contribution is 5.96. The number of anilines is 1. The van der Waals surface area contributed by atoms with Gasteiger partial charge in [-0.05, 0) is 81.8 Å². The van der Waals surface area contributed by atoms with Crippen LogP contribution in [0.1, 0.15) is 57.3 Å². The summed E-state index contributed by atoms with van der Waals surface area (Å²) in [5.74, 6) is 1.70. The Balaban J connectivity index is 1.18. The van der Waals surface area contributed by atoms with Crippen molar-refractivity contribution in [2.75, 3.05) is 11.9 Å². The standard InChI is InChI=1S/C30H33N3O5/c1-30(2,3)38-29(35)33-17-7-10-24(33)28(34)32-22-12-16-27(31-19-22)36-23-13-15-26-21(18-23)11-14-25(37-26)20-8-5-4-6-9-20/h4-6,8-9,12-13,15-16,18-19,24-25H,7,10-11,14,17H2,1-3H3,(H,32,34). The third-order valence-electron chi connectivity index (χ3n) is 6.56. The number of carbonyl (C=O) groups is 2. The van der Waals surface area contributed by atoms with Crippen LogP contribution in [0.15, 0.2) is 66.9 Å². The SMILES string of the molecule is CC(C)(C)OC(=O)N1CCCC1C(=O)Nc1ccc(Oc2ccc3c(c2)CCC(c2ccccc2)O3)nc1. The second-order valence-electron chi connectivity index (χ2n) is 10.6. The second kappa shape index (κ2) is 10.7. The van der Waals surface area contributed by atoms with E-state index in [2.05, 4.69) is 22.4 Å². The molecule has 38 heavy (non-hydrogen) atoms. The predicted octanol–water partition coefficient (Wildman–Crippen LogP) is 6.28. The van der Waals surface area contributed by atoms with Crippen LogP contribution in [-0.4, -0.2) is 40.1 Å². The Morgan fingerprint density at radius 2 is 1.87 bits per heavy atom. The van der Waals surface area contributed by atoms with Gasteiger partial charge in [0, 0.05) is 12.6 Å². The van der Waals surface area contributed by atoms with Gasteiger partial charge in [-0.15, -0.1) is 0 Å². The largest absolute Gasteiger partial charge is 0.485 e. The molecule has 0 aliphatic carbocycles. The number of hydrogen-bond donors (Lipinski definition) is 1. The predicted molar refractivity (Wildman–Crippen MR) is 143 cm³/mol. The number of rotatable bonds is 5. The molecular formula is C30H33N3O5. The molecule has 198 valence electrons. The van der Waals surface area contributed by atoms with Crippen LogP contribution in [0.3, 0.4) is 0 Å². The lowest BCUT2D eigenvalue weighted by atomic mass is 9.97. The summed E-state index contributed by atoms with van der Waals surface area (Å²) in [5, 5.41) is 2.86. The van der Waals surface area contributed by atoms with Crippen LogP contribution in [0.5, 0.6) is 17.4 Å². The average molecular weight is 516 g/mol. The molecule has 0 spiro atoms. The van der Waals surface area contributed by atoms with Crippen molar-refractivity contribution in [1.29, 1.82) is 0 Å². The Labute approximate surface area is 222 Å². The van der Waals surface area contributed by atoms with Gasteiger partial charge in [-0.3, -0.25) is 9.69 Å². The van der Waals surface area contributed by atoms with Gasteiger partial charge in [0.05, 0.1) is 11.9 Å². The molecule has 1 fully saturated rings. The summed E-state index contributed by atoms with van der Waals surface area (Å²) in [4.78, 5) is 31.2. The quantitative estimate of drug-likeness (QED) is 0.430. The Kier molecular flexibility index (Phi) is 7.22. The molecule has 8 heteroatoms. The summed E-state index contributed by atoms with van der Waals surface area (Å²) in [5.41, 5.74) is 2.20. The van der Waals surface area contributed by atoms with Crippen LogP contribution >= 0.6 is 0 Å². The molecule has 2 atom stereocenters. The first kappa shape index (κ1) is 25.6.